The predicted molar refractivity (Wildman–Crippen MR) is 84.7 cm³/mol. The van der Waals surface area contributed by atoms with E-state index in [9.17, 15) is 0 Å². The summed E-state index contributed by atoms with van der Waals surface area (Å²) in [6.45, 7) is 8.56. The van der Waals surface area contributed by atoms with E-state index in [4.69, 9.17) is 16.3 Å². The normalized spacial score (nSPS) is 11.5. The predicted octanol–water partition coefficient (Wildman–Crippen LogP) is 5.02. The van der Waals surface area contributed by atoms with Gasteiger partial charge >= 0.3 is 0 Å². The summed E-state index contributed by atoms with van der Waals surface area (Å²) in [5.74, 6) is 0.852. The number of rotatable bonds is 2. The second-order valence-electron chi connectivity index (χ2n) is 5.93. The fourth-order valence-corrected chi connectivity index (χ4v) is 2.39. The molecule has 2 nitrogen and oxygen atoms in total. The third kappa shape index (κ3) is 2.96. The molecule has 0 N–H and O–H groups in total. The standard InChI is InChI=1S/C17H20ClNO/c1-11-13(7-9-16(18)19-11)14-10-12(17(2,3)4)6-8-15(14)20-5/h6-10H,1-5H3. The molecule has 0 atom stereocenters. The Balaban J connectivity index is 2.64. The number of aromatic nitrogens is 1. The molecule has 2 aromatic rings. The van der Waals surface area contributed by atoms with Gasteiger partial charge in [-0.2, -0.15) is 0 Å². The van der Waals surface area contributed by atoms with E-state index < -0.39 is 0 Å². The molecule has 0 spiro atoms. The Hall–Kier alpha value is -1.54. The van der Waals surface area contributed by atoms with Gasteiger partial charge < -0.3 is 4.74 Å². The lowest BCUT2D eigenvalue weighted by Crippen LogP contribution is -2.11. The average molecular weight is 290 g/mol. The molecule has 0 saturated heterocycles. The lowest BCUT2D eigenvalue weighted by Gasteiger charge is -2.21. The van der Waals surface area contributed by atoms with Crippen LogP contribution in [0.15, 0.2) is 30.3 Å². The Morgan fingerprint density at radius 2 is 1.75 bits per heavy atom. The number of methoxy groups -OCH3 is 1. The van der Waals surface area contributed by atoms with Crippen molar-refractivity contribution in [1.82, 2.24) is 4.98 Å². The fourth-order valence-electron chi connectivity index (χ4n) is 2.20. The van der Waals surface area contributed by atoms with Crippen LogP contribution in [0.25, 0.3) is 11.1 Å². The van der Waals surface area contributed by atoms with Gasteiger partial charge in [0.2, 0.25) is 0 Å². The van der Waals surface area contributed by atoms with Crippen molar-refractivity contribution in [3.63, 3.8) is 0 Å². The highest BCUT2D eigenvalue weighted by atomic mass is 35.5. The first-order chi connectivity index (χ1) is 9.32. The van der Waals surface area contributed by atoms with Crippen LogP contribution in [0.4, 0.5) is 0 Å². The number of ether oxygens (including phenoxy) is 1. The lowest BCUT2D eigenvalue weighted by atomic mass is 9.85. The van der Waals surface area contributed by atoms with E-state index in [1.165, 1.54) is 5.56 Å². The third-order valence-electron chi connectivity index (χ3n) is 3.41. The van der Waals surface area contributed by atoms with E-state index in [1.54, 1.807) is 7.11 Å². The van der Waals surface area contributed by atoms with Crippen LogP contribution < -0.4 is 4.74 Å². The molecule has 20 heavy (non-hydrogen) atoms. The van der Waals surface area contributed by atoms with Crippen LogP contribution in [0.3, 0.4) is 0 Å². The Kier molecular flexibility index (Phi) is 4.05. The van der Waals surface area contributed by atoms with Crippen LogP contribution in [-0.2, 0) is 5.41 Å². The molecule has 3 heteroatoms. The first-order valence-electron chi connectivity index (χ1n) is 6.65. The van der Waals surface area contributed by atoms with Gasteiger partial charge in [-0.25, -0.2) is 4.98 Å². The maximum Gasteiger partial charge on any atom is 0.129 e. The zero-order valence-electron chi connectivity index (χ0n) is 12.6. The van der Waals surface area contributed by atoms with Crippen molar-refractivity contribution in [2.75, 3.05) is 7.11 Å². The van der Waals surface area contributed by atoms with Crippen LogP contribution in [0.5, 0.6) is 5.75 Å². The van der Waals surface area contributed by atoms with E-state index in [0.717, 1.165) is 22.6 Å². The molecule has 106 valence electrons. The summed E-state index contributed by atoms with van der Waals surface area (Å²) in [6, 6.07) is 10.1. The van der Waals surface area contributed by atoms with Crippen molar-refractivity contribution in [2.24, 2.45) is 0 Å². The first-order valence-corrected chi connectivity index (χ1v) is 7.03. The van der Waals surface area contributed by atoms with Crippen LogP contribution in [-0.4, -0.2) is 12.1 Å². The van der Waals surface area contributed by atoms with Crippen molar-refractivity contribution < 1.29 is 4.74 Å². The van der Waals surface area contributed by atoms with Crippen molar-refractivity contribution >= 4 is 11.6 Å². The number of nitrogens with zero attached hydrogens (tertiary/aromatic N) is 1. The summed E-state index contributed by atoms with van der Waals surface area (Å²) >= 11 is 5.94. The van der Waals surface area contributed by atoms with E-state index in [-0.39, 0.29) is 5.41 Å². The molecular formula is C17H20ClNO. The van der Waals surface area contributed by atoms with Crippen LogP contribution in [0.2, 0.25) is 5.15 Å². The summed E-state index contributed by atoms with van der Waals surface area (Å²) in [5, 5.41) is 0.511. The smallest absolute Gasteiger partial charge is 0.129 e. The van der Waals surface area contributed by atoms with Gasteiger partial charge in [-0.15, -0.1) is 0 Å². The highest BCUT2D eigenvalue weighted by Crippen LogP contribution is 2.36. The Labute approximate surface area is 125 Å². The van der Waals surface area contributed by atoms with Crippen LogP contribution in [0.1, 0.15) is 32.0 Å². The number of pyridine rings is 1. The Morgan fingerprint density at radius 3 is 2.30 bits per heavy atom. The Morgan fingerprint density at radius 1 is 1.05 bits per heavy atom. The topological polar surface area (TPSA) is 22.1 Å². The van der Waals surface area contributed by atoms with Gasteiger partial charge in [0.05, 0.1) is 7.11 Å². The van der Waals surface area contributed by atoms with Gasteiger partial charge in [0.25, 0.3) is 0 Å². The molecule has 2 rings (SSSR count). The van der Waals surface area contributed by atoms with Crippen LogP contribution >= 0.6 is 11.6 Å². The van der Waals surface area contributed by atoms with E-state index >= 15 is 0 Å². The molecule has 0 saturated carbocycles. The third-order valence-corrected chi connectivity index (χ3v) is 3.62. The van der Waals surface area contributed by atoms with Gasteiger partial charge in [-0.3, -0.25) is 0 Å². The summed E-state index contributed by atoms with van der Waals surface area (Å²) < 4.78 is 5.49. The number of benzene rings is 1. The maximum absolute atomic E-state index is 5.94. The average Bonchev–Trinajstić information content (AvgIpc) is 2.37. The molecule has 0 amide bonds. The van der Waals surface area contributed by atoms with Gasteiger partial charge in [0, 0.05) is 16.8 Å². The molecule has 1 heterocycles. The van der Waals surface area contributed by atoms with Gasteiger partial charge in [0.15, 0.2) is 0 Å². The second-order valence-corrected chi connectivity index (χ2v) is 6.32. The SMILES string of the molecule is COc1ccc(C(C)(C)C)cc1-c1ccc(Cl)nc1C. The second kappa shape index (κ2) is 5.45. The minimum absolute atomic E-state index is 0.0920. The van der Waals surface area contributed by atoms with Gasteiger partial charge in [-0.1, -0.05) is 38.4 Å². The summed E-state index contributed by atoms with van der Waals surface area (Å²) in [6.07, 6.45) is 0. The number of halogens is 1. The zero-order chi connectivity index (χ0) is 14.9. The highest BCUT2D eigenvalue weighted by molar-refractivity contribution is 6.29. The zero-order valence-corrected chi connectivity index (χ0v) is 13.4. The summed E-state index contributed by atoms with van der Waals surface area (Å²) in [5.41, 5.74) is 4.37. The molecule has 1 aromatic heterocycles. The summed E-state index contributed by atoms with van der Waals surface area (Å²) in [4.78, 5) is 4.33. The monoisotopic (exact) mass is 289 g/mol. The molecule has 0 aliphatic heterocycles. The van der Waals surface area contributed by atoms with E-state index in [1.807, 2.05) is 25.1 Å². The minimum Gasteiger partial charge on any atom is -0.496 e. The number of aryl methyl sites for hydroxylation is 1. The largest absolute Gasteiger partial charge is 0.496 e. The molecule has 0 aliphatic carbocycles. The van der Waals surface area contributed by atoms with Crippen LogP contribution in [0, 0.1) is 6.92 Å². The molecule has 0 bridgehead atoms. The summed E-state index contributed by atoms with van der Waals surface area (Å²) in [7, 11) is 1.69. The maximum atomic E-state index is 5.94. The minimum atomic E-state index is 0.0920. The number of hydrogen-bond donors (Lipinski definition) is 0. The quantitative estimate of drug-likeness (QED) is 0.725. The fraction of sp³-hybridized carbons (Fsp3) is 0.353. The van der Waals surface area contributed by atoms with Crippen molar-refractivity contribution in [1.29, 1.82) is 0 Å². The van der Waals surface area contributed by atoms with Crippen molar-refractivity contribution in [3.8, 4) is 16.9 Å². The molecule has 1 aromatic carbocycles. The van der Waals surface area contributed by atoms with Crippen molar-refractivity contribution in [2.45, 2.75) is 33.1 Å². The first kappa shape index (κ1) is 14.9. The van der Waals surface area contributed by atoms with Gasteiger partial charge in [0.1, 0.15) is 10.9 Å². The van der Waals surface area contributed by atoms with E-state index in [2.05, 4.69) is 37.9 Å². The van der Waals surface area contributed by atoms with Crippen molar-refractivity contribution in [3.05, 3.63) is 46.7 Å². The Bertz CT molecular complexity index is 629. The molecule has 0 aliphatic rings. The number of hydrogen-bond acceptors (Lipinski definition) is 2. The molecule has 0 fully saturated rings. The molecule has 0 radical (unpaired) electrons. The van der Waals surface area contributed by atoms with E-state index in [0.29, 0.717) is 5.15 Å². The lowest BCUT2D eigenvalue weighted by molar-refractivity contribution is 0.416. The highest BCUT2D eigenvalue weighted by Gasteiger charge is 2.17. The molecular weight excluding hydrogens is 270 g/mol. The molecule has 0 unspecified atom stereocenters. The van der Waals surface area contributed by atoms with Gasteiger partial charge in [-0.05, 0) is 42.2 Å².